The van der Waals surface area contributed by atoms with Crippen LogP contribution in [0.5, 0.6) is 0 Å². The molecule has 2 heterocycles. The number of hydrogen-bond acceptors (Lipinski definition) is 2. The average molecular weight is 393 g/mol. The summed E-state index contributed by atoms with van der Waals surface area (Å²) in [5.74, 6) is -0.339. The molecule has 2 aromatic heterocycles. The zero-order chi connectivity index (χ0) is 16.0. The van der Waals surface area contributed by atoms with Gasteiger partial charge >= 0.3 is 0 Å². The Kier molecular flexibility index (Phi) is 3.73. The van der Waals surface area contributed by atoms with E-state index in [1.54, 1.807) is 23.5 Å². The molecule has 3 aromatic rings. The van der Waals surface area contributed by atoms with Crippen LogP contribution in [0.1, 0.15) is 28.9 Å². The molecule has 3 nitrogen and oxygen atoms in total. The van der Waals surface area contributed by atoms with Crippen molar-refractivity contribution in [2.45, 2.75) is 25.4 Å². The van der Waals surface area contributed by atoms with E-state index in [0.717, 1.165) is 27.5 Å². The van der Waals surface area contributed by atoms with Gasteiger partial charge in [0.1, 0.15) is 11.5 Å². The van der Waals surface area contributed by atoms with Gasteiger partial charge in [0.25, 0.3) is 5.91 Å². The van der Waals surface area contributed by atoms with Gasteiger partial charge in [0.05, 0.1) is 21.2 Å². The Morgan fingerprint density at radius 1 is 1.39 bits per heavy atom. The van der Waals surface area contributed by atoms with E-state index in [-0.39, 0.29) is 11.7 Å². The maximum absolute atomic E-state index is 14.0. The largest absolute Gasteiger partial charge is 0.348 e. The molecule has 6 heteroatoms. The van der Waals surface area contributed by atoms with E-state index in [1.165, 1.54) is 6.07 Å². The van der Waals surface area contributed by atoms with Crippen LogP contribution in [0.2, 0.25) is 0 Å². The van der Waals surface area contributed by atoms with Gasteiger partial charge in [0.2, 0.25) is 0 Å². The second kappa shape index (κ2) is 5.76. The number of carbonyl (C=O) groups excluding carboxylic acids is 1. The molecule has 4 rings (SSSR count). The average Bonchev–Trinajstić information content (AvgIpc) is 3.16. The molecule has 0 atom stereocenters. The van der Waals surface area contributed by atoms with E-state index in [9.17, 15) is 9.18 Å². The molecule has 1 amide bonds. The third kappa shape index (κ3) is 2.81. The molecule has 0 unspecified atom stereocenters. The minimum atomic E-state index is -0.255. The number of rotatable bonds is 4. The number of amides is 1. The van der Waals surface area contributed by atoms with Crippen molar-refractivity contribution in [2.75, 3.05) is 0 Å². The Bertz CT molecular complexity index is 897. The fourth-order valence-corrected chi connectivity index (χ4v) is 4.36. The number of hydrogen-bond donors (Lipinski definition) is 1. The van der Waals surface area contributed by atoms with Crippen molar-refractivity contribution in [2.24, 2.45) is 0 Å². The minimum Gasteiger partial charge on any atom is -0.348 e. The molecule has 1 fully saturated rings. The molecule has 0 aliphatic heterocycles. The molecule has 1 aromatic carbocycles. The number of carbonyl (C=O) groups is 1. The Morgan fingerprint density at radius 2 is 2.17 bits per heavy atom. The quantitative estimate of drug-likeness (QED) is 0.694. The van der Waals surface area contributed by atoms with Crippen molar-refractivity contribution in [3.05, 3.63) is 57.3 Å². The van der Waals surface area contributed by atoms with Crippen LogP contribution in [0.3, 0.4) is 0 Å². The van der Waals surface area contributed by atoms with Crippen LogP contribution in [0.15, 0.2) is 40.2 Å². The summed E-state index contributed by atoms with van der Waals surface area (Å²) in [6.07, 6.45) is 2.08. The highest BCUT2D eigenvalue weighted by Crippen LogP contribution is 2.34. The van der Waals surface area contributed by atoms with Gasteiger partial charge in [-0.05, 0) is 40.9 Å². The van der Waals surface area contributed by atoms with Gasteiger partial charge in [-0.3, -0.25) is 4.79 Å². The zero-order valence-electron chi connectivity index (χ0n) is 12.2. The number of nitrogens with zero attached hydrogens (tertiary/aromatic N) is 1. The summed E-state index contributed by atoms with van der Waals surface area (Å²) >= 11 is 5.11. The molecule has 1 aliphatic rings. The Hall–Kier alpha value is -1.66. The van der Waals surface area contributed by atoms with Crippen LogP contribution in [0, 0.1) is 5.82 Å². The normalized spacial score (nSPS) is 14.3. The standard InChI is InChI=1S/C17H14BrFN2OS/c18-12-9-23-15-7-14(17(22)20-11-5-6-11)21(16(12)15)8-10-3-1-2-4-13(10)19/h1-4,7,9,11H,5-6,8H2,(H,20,22). The first kappa shape index (κ1) is 14.9. The van der Waals surface area contributed by atoms with E-state index in [1.807, 2.05) is 22.1 Å². The highest BCUT2D eigenvalue weighted by atomic mass is 79.9. The highest BCUT2D eigenvalue weighted by molar-refractivity contribution is 9.10. The van der Waals surface area contributed by atoms with Gasteiger partial charge in [-0.1, -0.05) is 18.2 Å². The predicted octanol–water partition coefficient (Wildman–Crippen LogP) is 4.54. The molecule has 0 radical (unpaired) electrons. The summed E-state index contributed by atoms with van der Waals surface area (Å²) in [4.78, 5) is 12.5. The molecular weight excluding hydrogens is 379 g/mol. The van der Waals surface area contributed by atoms with Crippen molar-refractivity contribution in [1.82, 2.24) is 9.88 Å². The maximum Gasteiger partial charge on any atom is 0.268 e. The van der Waals surface area contributed by atoms with Crippen LogP contribution in [0.4, 0.5) is 4.39 Å². The third-order valence-electron chi connectivity index (χ3n) is 4.01. The van der Waals surface area contributed by atoms with Crippen LogP contribution >= 0.6 is 27.3 Å². The number of halogens is 2. The molecular formula is C17H14BrFN2OS. The fourth-order valence-electron chi connectivity index (χ4n) is 2.67. The van der Waals surface area contributed by atoms with Crippen LogP contribution < -0.4 is 5.32 Å². The number of nitrogens with one attached hydrogen (secondary N) is 1. The first-order valence-electron chi connectivity index (χ1n) is 7.44. The monoisotopic (exact) mass is 392 g/mol. The molecule has 0 saturated heterocycles. The summed E-state index contributed by atoms with van der Waals surface area (Å²) in [7, 11) is 0. The molecule has 1 saturated carbocycles. The van der Waals surface area contributed by atoms with Gasteiger partial charge in [-0.2, -0.15) is 0 Å². The zero-order valence-corrected chi connectivity index (χ0v) is 14.6. The second-order valence-corrected chi connectivity index (χ2v) is 7.52. The van der Waals surface area contributed by atoms with Crippen molar-refractivity contribution >= 4 is 43.4 Å². The van der Waals surface area contributed by atoms with Gasteiger partial charge in [-0.25, -0.2) is 4.39 Å². The predicted molar refractivity (Wildman–Crippen MR) is 93.5 cm³/mol. The molecule has 0 spiro atoms. The second-order valence-electron chi connectivity index (χ2n) is 5.75. The van der Waals surface area contributed by atoms with Gasteiger partial charge < -0.3 is 9.88 Å². The SMILES string of the molecule is O=C(NC1CC1)c1cc2scc(Br)c2n1Cc1ccccc1F. The number of aromatic nitrogens is 1. The van der Waals surface area contributed by atoms with Gasteiger partial charge in [0.15, 0.2) is 0 Å². The highest BCUT2D eigenvalue weighted by Gasteiger charge is 2.26. The number of fused-ring (bicyclic) bond motifs is 1. The topological polar surface area (TPSA) is 34.0 Å². The van der Waals surface area contributed by atoms with E-state index >= 15 is 0 Å². The van der Waals surface area contributed by atoms with Gasteiger partial charge in [0, 0.05) is 17.0 Å². The first-order chi connectivity index (χ1) is 11.1. The molecule has 118 valence electrons. The Labute approximate surface area is 145 Å². The smallest absolute Gasteiger partial charge is 0.268 e. The lowest BCUT2D eigenvalue weighted by molar-refractivity contribution is 0.0942. The summed E-state index contributed by atoms with van der Waals surface area (Å²) < 4.78 is 17.9. The van der Waals surface area contributed by atoms with E-state index < -0.39 is 0 Å². The van der Waals surface area contributed by atoms with E-state index in [4.69, 9.17) is 0 Å². The first-order valence-corrected chi connectivity index (χ1v) is 9.11. The van der Waals surface area contributed by atoms with Crippen molar-refractivity contribution < 1.29 is 9.18 Å². The maximum atomic E-state index is 14.0. The van der Waals surface area contributed by atoms with Gasteiger partial charge in [-0.15, -0.1) is 11.3 Å². The van der Waals surface area contributed by atoms with Crippen molar-refractivity contribution in [1.29, 1.82) is 0 Å². The summed E-state index contributed by atoms with van der Waals surface area (Å²) in [6.45, 7) is 0.332. The van der Waals surface area contributed by atoms with Crippen LogP contribution in [-0.2, 0) is 6.54 Å². The summed E-state index contributed by atoms with van der Waals surface area (Å²) in [6, 6.07) is 8.87. The number of thiophene rings is 1. The summed E-state index contributed by atoms with van der Waals surface area (Å²) in [5, 5.41) is 5.01. The molecule has 1 aliphatic carbocycles. The van der Waals surface area contributed by atoms with Crippen molar-refractivity contribution in [3.63, 3.8) is 0 Å². The third-order valence-corrected chi connectivity index (χ3v) is 5.84. The summed E-state index contributed by atoms with van der Waals surface area (Å²) in [5.41, 5.74) is 2.10. The van der Waals surface area contributed by atoms with Crippen LogP contribution in [0.25, 0.3) is 10.2 Å². The fraction of sp³-hybridized carbons (Fsp3) is 0.235. The molecule has 0 bridgehead atoms. The molecule has 1 N–H and O–H groups in total. The lowest BCUT2D eigenvalue weighted by Gasteiger charge is -2.11. The number of benzene rings is 1. The lowest BCUT2D eigenvalue weighted by atomic mass is 10.2. The Balaban J connectivity index is 1.79. The molecule has 23 heavy (non-hydrogen) atoms. The van der Waals surface area contributed by atoms with E-state index in [0.29, 0.717) is 23.8 Å². The van der Waals surface area contributed by atoms with Crippen molar-refractivity contribution in [3.8, 4) is 0 Å². The van der Waals surface area contributed by atoms with Crippen LogP contribution in [-0.4, -0.2) is 16.5 Å². The van der Waals surface area contributed by atoms with E-state index in [2.05, 4.69) is 21.2 Å². The Morgan fingerprint density at radius 3 is 2.91 bits per heavy atom. The minimum absolute atomic E-state index is 0.0841. The lowest BCUT2D eigenvalue weighted by Crippen LogP contribution is -2.28.